The summed E-state index contributed by atoms with van der Waals surface area (Å²) in [5.74, 6) is 0.516. The maximum Gasteiger partial charge on any atom is 0.330 e. The van der Waals surface area contributed by atoms with Gasteiger partial charge in [-0.25, -0.2) is 4.79 Å². The number of carbonyl (C=O) groups excluding carboxylic acids is 1. The van der Waals surface area contributed by atoms with Gasteiger partial charge in [-0.15, -0.1) is 0 Å². The zero-order chi connectivity index (χ0) is 18.3. The van der Waals surface area contributed by atoms with E-state index >= 15 is 0 Å². The average Bonchev–Trinajstić information content (AvgIpc) is 2.50. The van der Waals surface area contributed by atoms with Crippen LogP contribution in [0.5, 0.6) is 0 Å². The predicted octanol–water partition coefficient (Wildman–Crippen LogP) is 1.66. The van der Waals surface area contributed by atoms with Gasteiger partial charge < -0.3 is 10.6 Å². The topological polar surface area (TPSA) is 101 Å². The number of unbranched alkanes of at least 4 members (excludes halogenated alkanes) is 1. The molecular formula is C16H28N4O3S. The fraction of sp³-hybridized carbons (Fsp3) is 0.688. The third-order valence-electron chi connectivity index (χ3n) is 3.72. The first kappa shape index (κ1) is 20.3. The third-order valence-corrected chi connectivity index (χ3v) is 4.25. The zero-order valence-corrected chi connectivity index (χ0v) is 15.7. The van der Waals surface area contributed by atoms with Gasteiger partial charge in [-0.3, -0.25) is 19.1 Å². The molecule has 136 valence electrons. The number of nitrogen functional groups attached to an aromatic ring is 1. The second kappa shape index (κ2) is 9.56. The summed E-state index contributed by atoms with van der Waals surface area (Å²) in [6, 6.07) is 0. The molecule has 3 N–H and O–H groups in total. The van der Waals surface area contributed by atoms with Gasteiger partial charge in [0.1, 0.15) is 5.82 Å². The predicted molar refractivity (Wildman–Crippen MR) is 101 cm³/mol. The van der Waals surface area contributed by atoms with Crippen LogP contribution in [0.15, 0.2) is 9.59 Å². The lowest BCUT2D eigenvalue weighted by atomic mass is 10.1. The molecule has 8 heteroatoms. The van der Waals surface area contributed by atoms with E-state index in [0.717, 1.165) is 19.3 Å². The van der Waals surface area contributed by atoms with Crippen LogP contribution in [0.1, 0.15) is 40.0 Å². The smallest absolute Gasteiger partial charge is 0.330 e. The van der Waals surface area contributed by atoms with Crippen molar-refractivity contribution in [3.63, 3.8) is 0 Å². The second-order valence-electron chi connectivity index (χ2n) is 6.16. The Bertz CT molecular complexity index is 666. The Morgan fingerprint density at radius 2 is 2.04 bits per heavy atom. The number of nitrogens with two attached hydrogens (primary N) is 1. The summed E-state index contributed by atoms with van der Waals surface area (Å²) in [5.41, 5.74) is 5.06. The maximum atomic E-state index is 12.5. The summed E-state index contributed by atoms with van der Waals surface area (Å²) in [7, 11) is 0. The highest BCUT2D eigenvalue weighted by Crippen LogP contribution is 2.19. The van der Waals surface area contributed by atoms with E-state index in [4.69, 9.17) is 5.73 Å². The van der Waals surface area contributed by atoms with Crippen molar-refractivity contribution in [3.05, 3.63) is 20.8 Å². The van der Waals surface area contributed by atoms with Gasteiger partial charge in [0, 0.05) is 13.1 Å². The lowest BCUT2D eigenvalue weighted by molar-refractivity contribution is -0.116. The van der Waals surface area contributed by atoms with Crippen molar-refractivity contribution in [1.29, 1.82) is 0 Å². The maximum absolute atomic E-state index is 12.5. The van der Waals surface area contributed by atoms with Gasteiger partial charge in [0.2, 0.25) is 5.91 Å². The van der Waals surface area contributed by atoms with Crippen molar-refractivity contribution < 1.29 is 4.79 Å². The van der Waals surface area contributed by atoms with Crippen LogP contribution in [-0.4, -0.2) is 34.0 Å². The molecular weight excluding hydrogens is 328 g/mol. The van der Waals surface area contributed by atoms with Crippen LogP contribution in [0.3, 0.4) is 0 Å². The molecule has 1 rings (SSSR count). The van der Waals surface area contributed by atoms with Gasteiger partial charge in [-0.2, -0.15) is 11.8 Å². The molecule has 0 aliphatic rings. The molecule has 0 spiro atoms. The first-order valence-electron chi connectivity index (χ1n) is 8.25. The fourth-order valence-electron chi connectivity index (χ4n) is 2.33. The Balaban J connectivity index is 3.37. The Labute approximate surface area is 146 Å². The number of anilines is 2. The molecule has 1 aromatic heterocycles. The van der Waals surface area contributed by atoms with E-state index in [1.165, 1.54) is 21.2 Å². The minimum absolute atomic E-state index is 0.0652. The quantitative estimate of drug-likeness (QED) is 0.701. The second-order valence-corrected chi connectivity index (χ2v) is 7.03. The monoisotopic (exact) mass is 356 g/mol. The number of amides is 1. The van der Waals surface area contributed by atoms with Crippen LogP contribution < -0.4 is 21.9 Å². The number of hydrogen-bond donors (Lipinski definition) is 2. The van der Waals surface area contributed by atoms with Crippen LogP contribution in [0.2, 0.25) is 0 Å². The lowest BCUT2D eigenvalue weighted by Gasteiger charge is -2.25. The van der Waals surface area contributed by atoms with E-state index < -0.39 is 11.2 Å². The first-order valence-corrected chi connectivity index (χ1v) is 9.64. The molecule has 0 aliphatic carbocycles. The van der Waals surface area contributed by atoms with Gasteiger partial charge in [-0.05, 0) is 25.0 Å². The number of nitrogens with zero attached hydrogens (tertiary/aromatic N) is 2. The summed E-state index contributed by atoms with van der Waals surface area (Å²) in [6.07, 6.45) is 4.23. The molecule has 0 fully saturated rings. The van der Waals surface area contributed by atoms with Crippen LogP contribution in [0, 0.1) is 5.92 Å². The SMILES string of the molecule is CCCCn1c(N)c(N(CCC(C)C)C(=O)CSC)c(=O)[nH]c1=O. The number of carbonyl (C=O) groups is 1. The minimum Gasteiger partial charge on any atom is -0.383 e. The molecule has 1 aromatic rings. The summed E-state index contributed by atoms with van der Waals surface area (Å²) < 4.78 is 1.34. The molecule has 0 aliphatic heterocycles. The highest BCUT2D eigenvalue weighted by atomic mass is 32.2. The van der Waals surface area contributed by atoms with Gasteiger partial charge >= 0.3 is 5.69 Å². The number of nitrogens with one attached hydrogen (secondary N) is 1. The number of aromatic amines is 1. The Morgan fingerprint density at radius 1 is 1.38 bits per heavy atom. The lowest BCUT2D eigenvalue weighted by Crippen LogP contribution is -2.42. The van der Waals surface area contributed by atoms with E-state index in [2.05, 4.69) is 4.98 Å². The Morgan fingerprint density at radius 3 is 2.58 bits per heavy atom. The minimum atomic E-state index is -0.608. The van der Waals surface area contributed by atoms with Crippen molar-refractivity contribution in [2.45, 2.75) is 46.6 Å². The molecule has 0 saturated heterocycles. The van der Waals surface area contributed by atoms with E-state index in [1.54, 1.807) is 0 Å². The first-order chi connectivity index (χ1) is 11.3. The Hall–Kier alpha value is -1.70. The highest BCUT2D eigenvalue weighted by molar-refractivity contribution is 7.99. The van der Waals surface area contributed by atoms with Gasteiger partial charge in [-0.1, -0.05) is 27.2 Å². The summed E-state index contributed by atoms with van der Waals surface area (Å²) in [5, 5.41) is 0. The zero-order valence-electron chi connectivity index (χ0n) is 14.9. The van der Waals surface area contributed by atoms with Crippen molar-refractivity contribution >= 4 is 29.2 Å². The highest BCUT2D eigenvalue weighted by Gasteiger charge is 2.23. The summed E-state index contributed by atoms with van der Waals surface area (Å²) in [4.78, 5) is 40.6. The summed E-state index contributed by atoms with van der Waals surface area (Å²) >= 11 is 1.39. The normalized spacial score (nSPS) is 11.0. The molecule has 24 heavy (non-hydrogen) atoms. The number of H-pyrrole nitrogens is 1. The molecule has 0 atom stereocenters. The molecule has 0 aromatic carbocycles. The van der Waals surface area contributed by atoms with Gasteiger partial charge in [0.25, 0.3) is 5.56 Å². The van der Waals surface area contributed by atoms with Crippen molar-refractivity contribution in [1.82, 2.24) is 9.55 Å². The molecule has 1 amide bonds. The van der Waals surface area contributed by atoms with E-state index in [1.807, 2.05) is 27.0 Å². The van der Waals surface area contributed by atoms with E-state index in [0.29, 0.717) is 19.0 Å². The third kappa shape index (κ3) is 5.15. The molecule has 0 saturated carbocycles. The molecule has 0 radical (unpaired) electrons. The number of hydrogen-bond acceptors (Lipinski definition) is 5. The van der Waals surface area contributed by atoms with Crippen molar-refractivity contribution in [3.8, 4) is 0 Å². The van der Waals surface area contributed by atoms with Crippen LogP contribution in [-0.2, 0) is 11.3 Å². The number of thioether (sulfide) groups is 1. The molecule has 1 heterocycles. The number of aromatic nitrogens is 2. The van der Waals surface area contributed by atoms with Crippen LogP contribution in [0.4, 0.5) is 11.5 Å². The number of rotatable bonds is 9. The van der Waals surface area contributed by atoms with Crippen LogP contribution in [0.25, 0.3) is 0 Å². The summed E-state index contributed by atoms with van der Waals surface area (Å²) in [6.45, 7) is 6.92. The van der Waals surface area contributed by atoms with Crippen molar-refractivity contribution in [2.75, 3.05) is 29.2 Å². The largest absolute Gasteiger partial charge is 0.383 e. The molecule has 0 bridgehead atoms. The Kier molecular flexibility index (Phi) is 8.10. The van der Waals surface area contributed by atoms with Crippen molar-refractivity contribution in [2.24, 2.45) is 5.92 Å². The van der Waals surface area contributed by atoms with Crippen LogP contribution >= 0.6 is 11.8 Å². The van der Waals surface area contributed by atoms with Gasteiger partial charge in [0.15, 0.2) is 5.69 Å². The average molecular weight is 356 g/mol. The molecule has 7 nitrogen and oxygen atoms in total. The molecule has 0 unspecified atom stereocenters. The fourth-order valence-corrected chi connectivity index (χ4v) is 2.73. The standard InChI is InChI=1S/C16H28N4O3S/c1-5-6-8-20-14(17)13(15(22)18-16(20)23)19(9-7-11(2)3)12(21)10-24-4/h11H,5-10,17H2,1-4H3,(H,18,22,23). The van der Waals surface area contributed by atoms with E-state index in [9.17, 15) is 14.4 Å². The van der Waals surface area contributed by atoms with Gasteiger partial charge in [0.05, 0.1) is 5.75 Å². The van der Waals surface area contributed by atoms with E-state index in [-0.39, 0.29) is 23.2 Å².